The molecule has 0 bridgehead atoms. The molecular formula is C14H20N2O2. The van der Waals surface area contributed by atoms with Crippen LogP contribution in [-0.2, 0) is 0 Å². The molecule has 4 nitrogen and oxygen atoms in total. The first-order chi connectivity index (χ1) is 8.50. The Morgan fingerprint density at radius 3 is 2.44 bits per heavy atom. The molecule has 0 aliphatic carbocycles. The molecule has 2 unspecified atom stereocenters. The molecule has 0 aromatic carbocycles. The highest BCUT2D eigenvalue weighted by Crippen LogP contribution is 2.28. The molecule has 1 aromatic heterocycles. The van der Waals surface area contributed by atoms with Gasteiger partial charge < -0.3 is 10.0 Å². The zero-order valence-corrected chi connectivity index (χ0v) is 11.2. The maximum absolute atomic E-state index is 11.0. The predicted molar refractivity (Wildman–Crippen MR) is 71.2 cm³/mol. The Kier molecular flexibility index (Phi) is 3.55. The first kappa shape index (κ1) is 12.9. The summed E-state index contributed by atoms with van der Waals surface area (Å²) in [5.74, 6) is -0.0107. The molecule has 98 valence electrons. The van der Waals surface area contributed by atoms with E-state index in [2.05, 4.69) is 23.7 Å². The molecular weight excluding hydrogens is 228 g/mol. The molecule has 0 amide bonds. The van der Waals surface area contributed by atoms with Crippen LogP contribution in [0.1, 0.15) is 49.2 Å². The van der Waals surface area contributed by atoms with Crippen molar-refractivity contribution in [2.45, 2.75) is 52.1 Å². The number of piperidine rings is 1. The van der Waals surface area contributed by atoms with Gasteiger partial charge in [0.1, 0.15) is 5.82 Å². The van der Waals surface area contributed by atoms with E-state index in [1.165, 1.54) is 19.3 Å². The van der Waals surface area contributed by atoms with E-state index in [0.717, 1.165) is 5.82 Å². The third-order valence-electron chi connectivity index (χ3n) is 3.76. The van der Waals surface area contributed by atoms with Crippen molar-refractivity contribution in [3.63, 3.8) is 0 Å². The number of carboxylic acid groups (broad SMARTS) is 1. The van der Waals surface area contributed by atoms with Crippen LogP contribution in [0.15, 0.2) is 12.1 Å². The van der Waals surface area contributed by atoms with Gasteiger partial charge >= 0.3 is 5.97 Å². The molecule has 2 rings (SSSR count). The standard InChI is InChI=1S/C14H20N2O2/c1-9-5-4-6-10(2)16(9)13-8-7-12(14(17)18)11(3)15-13/h7-10H,4-6H2,1-3H3,(H,17,18). The number of nitrogens with zero attached hydrogens (tertiary/aromatic N) is 2. The van der Waals surface area contributed by atoms with E-state index < -0.39 is 5.97 Å². The third-order valence-corrected chi connectivity index (χ3v) is 3.76. The molecule has 1 aromatic rings. The van der Waals surface area contributed by atoms with E-state index in [1.807, 2.05) is 6.07 Å². The number of aromatic carboxylic acids is 1. The lowest BCUT2D eigenvalue weighted by atomic mass is 9.97. The van der Waals surface area contributed by atoms with Crippen LogP contribution in [0.4, 0.5) is 5.82 Å². The van der Waals surface area contributed by atoms with Gasteiger partial charge in [0.25, 0.3) is 0 Å². The SMILES string of the molecule is Cc1nc(N2C(C)CCCC2C)ccc1C(=O)O. The molecule has 4 heteroatoms. The fraction of sp³-hybridized carbons (Fsp3) is 0.571. The summed E-state index contributed by atoms with van der Waals surface area (Å²) in [6.07, 6.45) is 3.60. The summed E-state index contributed by atoms with van der Waals surface area (Å²) >= 11 is 0. The minimum absolute atomic E-state index is 0.288. The van der Waals surface area contributed by atoms with Crippen LogP contribution in [0.5, 0.6) is 0 Å². The lowest BCUT2D eigenvalue weighted by Gasteiger charge is -2.40. The smallest absolute Gasteiger partial charge is 0.337 e. The van der Waals surface area contributed by atoms with Crippen LogP contribution in [0.25, 0.3) is 0 Å². The fourth-order valence-corrected chi connectivity index (χ4v) is 2.79. The van der Waals surface area contributed by atoms with Crippen LogP contribution in [-0.4, -0.2) is 28.1 Å². The Bertz CT molecular complexity index is 449. The summed E-state index contributed by atoms with van der Waals surface area (Å²) in [6, 6.07) is 4.43. The summed E-state index contributed by atoms with van der Waals surface area (Å²) in [5, 5.41) is 9.02. The van der Waals surface area contributed by atoms with E-state index in [0.29, 0.717) is 17.8 Å². The van der Waals surface area contributed by atoms with Crippen molar-refractivity contribution in [2.24, 2.45) is 0 Å². The third kappa shape index (κ3) is 2.33. The monoisotopic (exact) mass is 248 g/mol. The number of carbonyl (C=O) groups is 1. The molecule has 0 saturated carbocycles. The molecule has 1 fully saturated rings. The minimum Gasteiger partial charge on any atom is -0.478 e. The van der Waals surface area contributed by atoms with Gasteiger partial charge in [-0.1, -0.05) is 0 Å². The largest absolute Gasteiger partial charge is 0.478 e. The summed E-state index contributed by atoms with van der Waals surface area (Å²) in [4.78, 5) is 17.8. The van der Waals surface area contributed by atoms with Gasteiger partial charge in [-0.2, -0.15) is 0 Å². The maximum Gasteiger partial charge on any atom is 0.337 e. The van der Waals surface area contributed by atoms with E-state index in [-0.39, 0.29) is 5.56 Å². The number of rotatable bonds is 2. The first-order valence-corrected chi connectivity index (χ1v) is 6.50. The van der Waals surface area contributed by atoms with Gasteiger partial charge in [0.15, 0.2) is 0 Å². The number of hydrogen-bond donors (Lipinski definition) is 1. The molecule has 2 atom stereocenters. The van der Waals surface area contributed by atoms with E-state index in [4.69, 9.17) is 5.11 Å². The Morgan fingerprint density at radius 2 is 1.94 bits per heavy atom. The van der Waals surface area contributed by atoms with Crippen molar-refractivity contribution >= 4 is 11.8 Å². The average molecular weight is 248 g/mol. The lowest BCUT2D eigenvalue weighted by molar-refractivity contribution is 0.0695. The summed E-state index contributed by atoms with van der Waals surface area (Å²) < 4.78 is 0. The number of pyridine rings is 1. The number of aromatic nitrogens is 1. The van der Waals surface area contributed by atoms with Gasteiger partial charge in [-0.15, -0.1) is 0 Å². The second kappa shape index (κ2) is 4.96. The number of aryl methyl sites for hydroxylation is 1. The van der Waals surface area contributed by atoms with E-state index in [9.17, 15) is 4.79 Å². The van der Waals surface area contributed by atoms with Gasteiger partial charge in [0, 0.05) is 12.1 Å². The highest BCUT2D eigenvalue weighted by atomic mass is 16.4. The van der Waals surface area contributed by atoms with Crippen molar-refractivity contribution in [3.8, 4) is 0 Å². The van der Waals surface area contributed by atoms with Crippen LogP contribution in [0, 0.1) is 6.92 Å². The lowest BCUT2D eigenvalue weighted by Crippen LogP contribution is -2.44. The maximum atomic E-state index is 11.0. The highest BCUT2D eigenvalue weighted by Gasteiger charge is 2.26. The summed E-state index contributed by atoms with van der Waals surface area (Å²) in [7, 11) is 0. The van der Waals surface area contributed by atoms with Gasteiger partial charge in [-0.3, -0.25) is 0 Å². The Hall–Kier alpha value is -1.58. The van der Waals surface area contributed by atoms with Gasteiger partial charge in [-0.25, -0.2) is 9.78 Å². The van der Waals surface area contributed by atoms with E-state index in [1.54, 1.807) is 13.0 Å². The summed E-state index contributed by atoms with van der Waals surface area (Å²) in [6.45, 7) is 6.17. The molecule has 0 spiro atoms. The zero-order valence-electron chi connectivity index (χ0n) is 11.2. The number of hydrogen-bond acceptors (Lipinski definition) is 3. The quantitative estimate of drug-likeness (QED) is 0.874. The summed E-state index contributed by atoms with van der Waals surface area (Å²) in [5.41, 5.74) is 0.876. The topological polar surface area (TPSA) is 53.4 Å². The van der Waals surface area contributed by atoms with E-state index >= 15 is 0 Å². The van der Waals surface area contributed by atoms with Gasteiger partial charge in [0.2, 0.25) is 0 Å². The highest BCUT2D eigenvalue weighted by molar-refractivity contribution is 5.89. The molecule has 18 heavy (non-hydrogen) atoms. The minimum atomic E-state index is -0.911. The van der Waals surface area contributed by atoms with Crippen molar-refractivity contribution < 1.29 is 9.90 Å². The van der Waals surface area contributed by atoms with Crippen LogP contribution in [0.2, 0.25) is 0 Å². The normalized spacial score (nSPS) is 24.1. The van der Waals surface area contributed by atoms with Crippen molar-refractivity contribution in [3.05, 3.63) is 23.4 Å². The second-order valence-corrected chi connectivity index (χ2v) is 5.14. The molecule has 1 aliphatic rings. The molecule has 0 radical (unpaired) electrons. The zero-order chi connectivity index (χ0) is 13.3. The Morgan fingerprint density at radius 1 is 1.33 bits per heavy atom. The Labute approximate surface area is 108 Å². The fourth-order valence-electron chi connectivity index (χ4n) is 2.79. The second-order valence-electron chi connectivity index (χ2n) is 5.14. The molecule has 1 N–H and O–H groups in total. The predicted octanol–water partition coefficient (Wildman–Crippen LogP) is 2.86. The first-order valence-electron chi connectivity index (χ1n) is 6.50. The van der Waals surface area contributed by atoms with Crippen LogP contribution in [0.3, 0.4) is 0 Å². The van der Waals surface area contributed by atoms with Crippen molar-refractivity contribution in [1.29, 1.82) is 0 Å². The number of anilines is 1. The molecule has 1 aliphatic heterocycles. The van der Waals surface area contributed by atoms with Crippen LogP contribution >= 0.6 is 0 Å². The molecule has 1 saturated heterocycles. The number of carboxylic acids is 1. The van der Waals surface area contributed by atoms with Crippen molar-refractivity contribution in [1.82, 2.24) is 4.98 Å². The average Bonchev–Trinajstić information content (AvgIpc) is 2.28. The van der Waals surface area contributed by atoms with Crippen LogP contribution < -0.4 is 4.90 Å². The Balaban J connectivity index is 2.33. The van der Waals surface area contributed by atoms with Crippen molar-refractivity contribution in [2.75, 3.05) is 4.90 Å². The van der Waals surface area contributed by atoms with Gasteiger partial charge in [-0.05, 0) is 52.2 Å². The van der Waals surface area contributed by atoms with Gasteiger partial charge in [0.05, 0.1) is 11.3 Å². The molecule has 2 heterocycles.